The Morgan fingerprint density at radius 1 is 1.10 bits per heavy atom. The normalized spacial score (nSPS) is 12.0. The Hall–Kier alpha value is -2.90. The smallest absolute Gasteiger partial charge is 0.262 e. The number of nitrogens with one attached hydrogen (secondary N) is 1. The first kappa shape index (κ1) is 21.3. The molecule has 2 aromatic heterocycles. The van der Waals surface area contributed by atoms with Crippen LogP contribution in [0, 0.1) is 0 Å². The zero-order chi connectivity index (χ0) is 21.6. The van der Waals surface area contributed by atoms with Gasteiger partial charge in [0.05, 0.1) is 22.7 Å². The number of para-hydroxylation sites is 1. The van der Waals surface area contributed by atoms with Crippen LogP contribution in [-0.2, 0) is 17.8 Å². The number of benzene rings is 2. The number of thioether (sulfide) groups is 1. The van der Waals surface area contributed by atoms with Gasteiger partial charge < -0.3 is 5.32 Å². The molecule has 7 heteroatoms. The number of rotatable bonds is 8. The number of hydrogen-bond acceptors (Lipinski definition) is 5. The second kappa shape index (κ2) is 9.94. The molecule has 1 amide bonds. The molecule has 0 fully saturated rings. The molecule has 5 nitrogen and oxygen atoms in total. The van der Waals surface area contributed by atoms with Crippen LogP contribution in [0.2, 0.25) is 0 Å². The van der Waals surface area contributed by atoms with Gasteiger partial charge in [0.15, 0.2) is 5.16 Å². The number of hydrogen-bond donors (Lipinski definition) is 1. The van der Waals surface area contributed by atoms with E-state index < -0.39 is 0 Å². The van der Waals surface area contributed by atoms with E-state index in [-0.39, 0.29) is 16.7 Å². The minimum Gasteiger partial charge on any atom is -0.355 e. The Balaban J connectivity index is 1.55. The number of carbonyl (C=O) groups is 1. The van der Waals surface area contributed by atoms with Gasteiger partial charge in [-0.1, -0.05) is 60.3 Å². The van der Waals surface area contributed by atoms with E-state index in [1.165, 1.54) is 16.6 Å². The summed E-state index contributed by atoms with van der Waals surface area (Å²) in [7, 11) is 0. The first-order valence-corrected chi connectivity index (χ1v) is 11.9. The molecule has 2 heterocycles. The van der Waals surface area contributed by atoms with Crippen molar-refractivity contribution in [1.82, 2.24) is 14.9 Å². The third kappa shape index (κ3) is 5.24. The van der Waals surface area contributed by atoms with Crippen LogP contribution in [0.3, 0.4) is 0 Å². The van der Waals surface area contributed by atoms with E-state index in [9.17, 15) is 9.59 Å². The van der Waals surface area contributed by atoms with Gasteiger partial charge in [-0.2, -0.15) is 0 Å². The topological polar surface area (TPSA) is 64.0 Å². The van der Waals surface area contributed by atoms with Crippen molar-refractivity contribution in [2.24, 2.45) is 0 Å². The van der Waals surface area contributed by atoms with Gasteiger partial charge in [-0.15, -0.1) is 11.3 Å². The van der Waals surface area contributed by atoms with Crippen molar-refractivity contribution in [3.63, 3.8) is 0 Å². The third-order valence-electron chi connectivity index (χ3n) is 4.91. The zero-order valence-corrected chi connectivity index (χ0v) is 18.8. The minimum atomic E-state index is -0.376. The second-order valence-corrected chi connectivity index (χ2v) is 9.51. The second-order valence-electron chi connectivity index (χ2n) is 7.17. The van der Waals surface area contributed by atoms with Gasteiger partial charge in [-0.3, -0.25) is 14.2 Å². The molecule has 1 atom stereocenters. The lowest BCUT2D eigenvalue weighted by molar-refractivity contribution is -0.120. The monoisotopic (exact) mass is 449 g/mol. The van der Waals surface area contributed by atoms with Crippen molar-refractivity contribution in [3.8, 4) is 0 Å². The lowest BCUT2D eigenvalue weighted by Gasteiger charge is -2.16. The van der Waals surface area contributed by atoms with Crippen LogP contribution in [0.1, 0.15) is 17.4 Å². The quantitative estimate of drug-likeness (QED) is 0.321. The van der Waals surface area contributed by atoms with Gasteiger partial charge in [0.25, 0.3) is 5.56 Å². The number of nitrogens with zero attached hydrogens (tertiary/aromatic N) is 2. The van der Waals surface area contributed by atoms with Gasteiger partial charge in [0.1, 0.15) is 0 Å². The average molecular weight is 450 g/mol. The summed E-state index contributed by atoms with van der Waals surface area (Å²) < 4.78 is 1.66. The fraction of sp³-hybridized carbons (Fsp3) is 0.208. The molecule has 1 N–H and O–H groups in total. The highest BCUT2D eigenvalue weighted by atomic mass is 32.2. The summed E-state index contributed by atoms with van der Waals surface area (Å²) in [5.74, 6) is -0.0600. The number of aromatic nitrogens is 2. The summed E-state index contributed by atoms with van der Waals surface area (Å²) in [4.78, 5) is 31.8. The van der Waals surface area contributed by atoms with Crippen molar-refractivity contribution < 1.29 is 4.79 Å². The first-order chi connectivity index (χ1) is 15.1. The number of fused-ring (bicyclic) bond motifs is 1. The fourth-order valence-electron chi connectivity index (χ4n) is 3.26. The molecule has 0 saturated heterocycles. The molecule has 2 aromatic carbocycles. The maximum atomic E-state index is 13.2. The molecule has 0 radical (unpaired) electrons. The molecule has 158 valence electrons. The maximum absolute atomic E-state index is 13.2. The van der Waals surface area contributed by atoms with Crippen LogP contribution in [0.5, 0.6) is 0 Å². The standard InChI is InChI=1S/C24H23N3O2S2/c1-17(22(28)25-14-13-19-10-7-15-30-19)31-24-26-21-12-6-5-11-20(21)23(29)27(24)16-18-8-3-2-4-9-18/h2-12,15,17H,13-14,16H2,1H3,(H,25,28). The van der Waals surface area contributed by atoms with Crippen molar-refractivity contribution in [2.45, 2.75) is 30.3 Å². The average Bonchev–Trinajstić information content (AvgIpc) is 3.30. The number of thiophene rings is 1. The summed E-state index contributed by atoms with van der Waals surface area (Å²) >= 11 is 3.00. The van der Waals surface area contributed by atoms with E-state index in [1.54, 1.807) is 22.0 Å². The molecular formula is C24H23N3O2S2. The molecule has 0 saturated carbocycles. The largest absolute Gasteiger partial charge is 0.355 e. The Morgan fingerprint density at radius 2 is 1.87 bits per heavy atom. The first-order valence-electron chi connectivity index (χ1n) is 10.1. The van der Waals surface area contributed by atoms with Crippen molar-refractivity contribution in [2.75, 3.05) is 6.54 Å². The summed E-state index contributed by atoms with van der Waals surface area (Å²) in [6.45, 7) is 2.85. The van der Waals surface area contributed by atoms with Gasteiger partial charge >= 0.3 is 0 Å². The third-order valence-corrected chi connectivity index (χ3v) is 6.94. The highest BCUT2D eigenvalue weighted by molar-refractivity contribution is 8.00. The van der Waals surface area contributed by atoms with E-state index in [2.05, 4.69) is 11.4 Å². The van der Waals surface area contributed by atoms with Crippen LogP contribution in [0.15, 0.2) is 82.1 Å². The predicted molar refractivity (Wildman–Crippen MR) is 128 cm³/mol. The van der Waals surface area contributed by atoms with Crippen LogP contribution < -0.4 is 10.9 Å². The summed E-state index contributed by atoms with van der Waals surface area (Å²) in [5, 5.41) is 5.78. The summed E-state index contributed by atoms with van der Waals surface area (Å²) in [5.41, 5.74) is 1.56. The lowest BCUT2D eigenvalue weighted by Crippen LogP contribution is -2.33. The fourth-order valence-corrected chi connectivity index (χ4v) is 4.90. The summed E-state index contributed by atoms with van der Waals surface area (Å²) in [6, 6.07) is 21.2. The van der Waals surface area contributed by atoms with Crippen molar-refractivity contribution in [3.05, 3.63) is 92.9 Å². The van der Waals surface area contributed by atoms with Crippen molar-refractivity contribution in [1.29, 1.82) is 0 Å². The molecular weight excluding hydrogens is 426 g/mol. The van der Waals surface area contributed by atoms with Crippen LogP contribution >= 0.6 is 23.1 Å². The Kier molecular flexibility index (Phi) is 6.84. The van der Waals surface area contributed by atoms with Gasteiger partial charge in [0, 0.05) is 11.4 Å². The molecule has 4 aromatic rings. The van der Waals surface area contributed by atoms with Crippen LogP contribution in [0.25, 0.3) is 10.9 Å². The maximum Gasteiger partial charge on any atom is 0.262 e. The Morgan fingerprint density at radius 3 is 2.65 bits per heavy atom. The molecule has 4 rings (SSSR count). The molecule has 0 spiro atoms. The van der Waals surface area contributed by atoms with Crippen LogP contribution in [0.4, 0.5) is 0 Å². The highest BCUT2D eigenvalue weighted by Crippen LogP contribution is 2.23. The van der Waals surface area contributed by atoms with E-state index in [1.807, 2.05) is 66.9 Å². The SMILES string of the molecule is CC(Sc1nc2ccccc2c(=O)n1Cc1ccccc1)C(=O)NCCc1cccs1. The molecule has 0 aliphatic heterocycles. The number of carbonyl (C=O) groups excluding carboxylic acids is 1. The highest BCUT2D eigenvalue weighted by Gasteiger charge is 2.19. The molecule has 1 unspecified atom stereocenters. The predicted octanol–water partition coefficient (Wildman–Crippen LogP) is 4.35. The Labute approximate surface area is 189 Å². The molecule has 0 aliphatic carbocycles. The van der Waals surface area contributed by atoms with Gasteiger partial charge in [0.2, 0.25) is 5.91 Å². The van der Waals surface area contributed by atoms with E-state index in [4.69, 9.17) is 4.98 Å². The van der Waals surface area contributed by atoms with Crippen molar-refractivity contribution >= 4 is 39.9 Å². The minimum absolute atomic E-state index is 0.0600. The van der Waals surface area contributed by atoms with Gasteiger partial charge in [-0.25, -0.2) is 4.98 Å². The van der Waals surface area contributed by atoms with Gasteiger partial charge in [-0.05, 0) is 42.5 Å². The lowest BCUT2D eigenvalue weighted by atomic mass is 10.2. The Bertz CT molecular complexity index is 1220. The summed E-state index contributed by atoms with van der Waals surface area (Å²) in [6.07, 6.45) is 0.813. The zero-order valence-electron chi connectivity index (χ0n) is 17.2. The van der Waals surface area contributed by atoms with E-state index in [0.29, 0.717) is 29.1 Å². The van der Waals surface area contributed by atoms with E-state index >= 15 is 0 Å². The van der Waals surface area contributed by atoms with Crippen LogP contribution in [-0.4, -0.2) is 27.3 Å². The number of amides is 1. The molecule has 0 aliphatic rings. The molecule has 0 bridgehead atoms. The molecule has 31 heavy (non-hydrogen) atoms. The van der Waals surface area contributed by atoms with E-state index in [0.717, 1.165) is 12.0 Å².